The maximum absolute atomic E-state index is 12.2. The highest BCUT2D eigenvalue weighted by Crippen LogP contribution is 2.29. The number of nitrogens with one attached hydrogen (secondary N) is 1. The normalized spacial score (nSPS) is 11.5. The van der Waals surface area contributed by atoms with Crippen LogP contribution in [0.2, 0.25) is 0 Å². The Bertz CT molecular complexity index is 791. The van der Waals surface area contributed by atoms with Crippen LogP contribution < -0.4 is 10.1 Å². The first-order valence-corrected chi connectivity index (χ1v) is 8.69. The number of nitro benzene ring substituents is 1. The number of methoxy groups -OCH3 is 1. The lowest BCUT2D eigenvalue weighted by Gasteiger charge is -2.15. The molecule has 1 N–H and O–H groups in total. The van der Waals surface area contributed by atoms with Gasteiger partial charge in [0.05, 0.1) is 23.8 Å². The molecule has 2 rings (SSSR count). The molecule has 0 saturated heterocycles. The smallest absolute Gasteiger partial charge is 0.306 e. The van der Waals surface area contributed by atoms with Gasteiger partial charge < -0.3 is 14.8 Å². The number of carbonyl (C=O) groups excluding carboxylic acids is 2. The van der Waals surface area contributed by atoms with E-state index < -0.39 is 22.9 Å². The fraction of sp³-hybridized carbons (Fsp3) is 0.294. The van der Waals surface area contributed by atoms with E-state index in [2.05, 4.69) is 5.32 Å². The van der Waals surface area contributed by atoms with Crippen molar-refractivity contribution in [3.8, 4) is 5.75 Å². The van der Waals surface area contributed by atoms with Crippen molar-refractivity contribution in [3.63, 3.8) is 0 Å². The molecule has 26 heavy (non-hydrogen) atoms. The van der Waals surface area contributed by atoms with Gasteiger partial charge in [0.2, 0.25) is 0 Å². The minimum Gasteiger partial charge on any atom is -0.494 e. The molecule has 138 valence electrons. The number of thiophene rings is 1. The number of hydrogen-bond acceptors (Lipinski definition) is 7. The van der Waals surface area contributed by atoms with E-state index in [-0.39, 0.29) is 23.5 Å². The Labute approximate surface area is 153 Å². The van der Waals surface area contributed by atoms with Gasteiger partial charge in [0.1, 0.15) is 5.75 Å². The minimum absolute atomic E-state index is 0.142. The van der Waals surface area contributed by atoms with Gasteiger partial charge in [-0.1, -0.05) is 0 Å². The summed E-state index contributed by atoms with van der Waals surface area (Å²) in [6, 6.07) is 5.73. The molecule has 0 bridgehead atoms. The Hall–Kier alpha value is -2.94. The summed E-state index contributed by atoms with van der Waals surface area (Å²) in [6.07, 6.45) is -0.285. The topological polar surface area (TPSA) is 108 Å². The molecule has 0 spiro atoms. The van der Waals surface area contributed by atoms with Gasteiger partial charge in [0.25, 0.3) is 11.6 Å². The summed E-state index contributed by atoms with van der Waals surface area (Å²) in [6.45, 7) is 1.45. The van der Waals surface area contributed by atoms with Crippen LogP contribution in [-0.4, -0.2) is 30.0 Å². The summed E-state index contributed by atoms with van der Waals surface area (Å²) in [4.78, 5) is 34.3. The SMILES string of the molecule is COc1cc([N+](=O)[O-])ccc1NC(=O)[C@@H](C)OC(=O)CCc1ccsc1. The van der Waals surface area contributed by atoms with Crippen LogP contribution in [0, 0.1) is 10.1 Å². The van der Waals surface area contributed by atoms with Crippen LogP contribution in [0.1, 0.15) is 18.9 Å². The van der Waals surface area contributed by atoms with E-state index in [4.69, 9.17) is 9.47 Å². The minimum atomic E-state index is -1.01. The van der Waals surface area contributed by atoms with E-state index in [0.29, 0.717) is 6.42 Å². The van der Waals surface area contributed by atoms with E-state index >= 15 is 0 Å². The molecule has 0 saturated carbocycles. The van der Waals surface area contributed by atoms with Crippen molar-refractivity contribution < 1.29 is 24.0 Å². The summed E-state index contributed by atoms with van der Waals surface area (Å²) in [5.74, 6) is -0.890. The zero-order chi connectivity index (χ0) is 19.1. The number of non-ortho nitro benzene ring substituents is 1. The second-order valence-corrected chi connectivity index (χ2v) is 6.17. The van der Waals surface area contributed by atoms with Gasteiger partial charge >= 0.3 is 5.97 Å². The zero-order valence-electron chi connectivity index (χ0n) is 14.3. The van der Waals surface area contributed by atoms with E-state index in [1.165, 1.54) is 32.2 Å². The van der Waals surface area contributed by atoms with Crippen LogP contribution in [0.25, 0.3) is 0 Å². The molecule has 0 aliphatic carbocycles. The number of amides is 1. The average molecular weight is 378 g/mol. The number of esters is 1. The molecule has 9 heteroatoms. The molecule has 0 aliphatic heterocycles. The molecule has 0 fully saturated rings. The summed E-state index contributed by atoms with van der Waals surface area (Å²) in [5.41, 5.74) is 1.14. The van der Waals surface area contributed by atoms with Gasteiger partial charge in [-0.05, 0) is 41.8 Å². The number of aryl methyl sites for hydroxylation is 1. The van der Waals surface area contributed by atoms with E-state index in [9.17, 15) is 19.7 Å². The van der Waals surface area contributed by atoms with Gasteiger partial charge in [-0.25, -0.2) is 0 Å². The van der Waals surface area contributed by atoms with Crippen LogP contribution in [0.5, 0.6) is 5.75 Å². The first kappa shape index (κ1) is 19.4. The second kappa shape index (κ2) is 8.95. The van der Waals surface area contributed by atoms with Crippen molar-refractivity contribution in [1.29, 1.82) is 0 Å². The molecule has 1 amide bonds. The van der Waals surface area contributed by atoms with Crippen molar-refractivity contribution in [2.24, 2.45) is 0 Å². The molecular weight excluding hydrogens is 360 g/mol. The summed E-state index contributed by atoms with van der Waals surface area (Å²) >= 11 is 1.55. The number of carbonyl (C=O) groups is 2. The Kier molecular flexibility index (Phi) is 6.67. The van der Waals surface area contributed by atoms with Crippen LogP contribution in [0.3, 0.4) is 0 Å². The molecule has 1 aromatic carbocycles. The number of nitrogens with zero attached hydrogens (tertiary/aromatic N) is 1. The van der Waals surface area contributed by atoms with Crippen molar-refractivity contribution in [1.82, 2.24) is 0 Å². The zero-order valence-corrected chi connectivity index (χ0v) is 15.1. The van der Waals surface area contributed by atoms with E-state index in [0.717, 1.165) is 5.56 Å². The van der Waals surface area contributed by atoms with Crippen LogP contribution in [0.15, 0.2) is 35.0 Å². The molecule has 1 heterocycles. The summed E-state index contributed by atoms with van der Waals surface area (Å²) in [5, 5.41) is 17.2. The molecule has 2 aromatic rings. The quantitative estimate of drug-likeness (QED) is 0.429. The Morgan fingerprint density at radius 2 is 2.12 bits per heavy atom. The highest BCUT2D eigenvalue weighted by Gasteiger charge is 2.20. The Morgan fingerprint density at radius 1 is 1.35 bits per heavy atom. The predicted molar refractivity (Wildman–Crippen MR) is 96.5 cm³/mol. The molecule has 1 aromatic heterocycles. The van der Waals surface area contributed by atoms with Gasteiger partial charge in [-0.15, -0.1) is 0 Å². The highest BCUT2D eigenvalue weighted by molar-refractivity contribution is 7.07. The summed E-state index contributed by atoms with van der Waals surface area (Å²) < 4.78 is 10.2. The standard InChI is InChI=1S/C17H18N2O6S/c1-11(25-16(20)6-3-12-7-8-26-10-12)17(21)18-14-5-4-13(19(22)23)9-15(14)24-2/h4-5,7-11H,3,6H2,1-2H3,(H,18,21)/t11-/m1/s1. The fourth-order valence-electron chi connectivity index (χ4n) is 2.12. The van der Waals surface area contributed by atoms with Gasteiger partial charge in [0.15, 0.2) is 6.10 Å². The lowest BCUT2D eigenvalue weighted by molar-refractivity contribution is -0.384. The second-order valence-electron chi connectivity index (χ2n) is 5.39. The molecule has 0 radical (unpaired) electrons. The molecule has 1 atom stereocenters. The third-order valence-electron chi connectivity index (χ3n) is 3.53. The monoisotopic (exact) mass is 378 g/mol. The maximum Gasteiger partial charge on any atom is 0.306 e. The number of rotatable bonds is 8. The molecule has 8 nitrogen and oxygen atoms in total. The largest absolute Gasteiger partial charge is 0.494 e. The number of benzene rings is 1. The third kappa shape index (κ3) is 5.28. The van der Waals surface area contributed by atoms with E-state index in [1.54, 1.807) is 11.3 Å². The number of nitro groups is 1. The van der Waals surface area contributed by atoms with Crippen molar-refractivity contribution in [2.75, 3.05) is 12.4 Å². The van der Waals surface area contributed by atoms with Gasteiger partial charge in [-0.3, -0.25) is 19.7 Å². The number of anilines is 1. The number of ether oxygens (including phenoxy) is 2. The summed E-state index contributed by atoms with van der Waals surface area (Å²) in [7, 11) is 1.34. The van der Waals surface area contributed by atoms with Gasteiger partial charge in [0, 0.05) is 12.5 Å². The Morgan fingerprint density at radius 3 is 2.73 bits per heavy atom. The molecular formula is C17H18N2O6S. The predicted octanol–water partition coefficient (Wildman–Crippen LogP) is 3.17. The fourth-order valence-corrected chi connectivity index (χ4v) is 2.83. The van der Waals surface area contributed by atoms with Crippen molar-refractivity contribution in [3.05, 3.63) is 50.7 Å². The maximum atomic E-state index is 12.2. The average Bonchev–Trinajstić information content (AvgIpc) is 3.13. The lowest BCUT2D eigenvalue weighted by Crippen LogP contribution is -2.30. The van der Waals surface area contributed by atoms with Gasteiger partial charge in [-0.2, -0.15) is 11.3 Å². The molecule has 0 aliphatic rings. The Balaban J connectivity index is 1.91. The first-order chi connectivity index (χ1) is 12.4. The van der Waals surface area contributed by atoms with Crippen LogP contribution >= 0.6 is 11.3 Å². The number of hydrogen-bond donors (Lipinski definition) is 1. The first-order valence-electron chi connectivity index (χ1n) is 7.74. The lowest BCUT2D eigenvalue weighted by atomic mass is 10.2. The molecule has 0 unspecified atom stereocenters. The highest BCUT2D eigenvalue weighted by atomic mass is 32.1. The third-order valence-corrected chi connectivity index (χ3v) is 4.26. The van der Waals surface area contributed by atoms with Crippen molar-refractivity contribution in [2.45, 2.75) is 25.9 Å². The van der Waals surface area contributed by atoms with E-state index in [1.807, 2.05) is 16.8 Å². The van der Waals surface area contributed by atoms with Crippen LogP contribution in [0.4, 0.5) is 11.4 Å². The van der Waals surface area contributed by atoms with Crippen LogP contribution in [-0.2, 0) is 20.7 Å². The van der Waals surface area contributed by atoms with Crippen molar-refractivity contribution >= 4 is 34.6 Å².